The van der Waals surface area contributed by atoms with Crippen LogP contribution in [0.1, 0.15) is 38.1 Å². The number of carbonyl (C=O) groups is 1. The SMILES string of the molecule is CC(C)Oc1ccc2cc(C(=O)NCC3COC(C)(C)O3)c(=O)oc2c1. The summed E-state index contributed by atoms with van der Waals surface area (Å²) >= 11 is 0. The first-order valence-corrected chi connectivity index (χ1v) is 8.58. The maximum atomic E-state index is 12.3. The topological polar surface area (TPSA) is 87.0 Å². The van der Waals surface area contributed by atoms with Crippen molar-refractivity contribution in [1.29, 1.82) is 0 Å². The molecule has 2 heterocycles. The minimum atomic E-state index is -0.694. The van der Waals surface area contributed by atoms with Crippen molar-refractivity contribution < 1.29 is 23.4 Å². The molecule has 0 bridgehead atoms. The number of benzene rings is 1. The third-order valence-electron chi connectivity index (χ3n) is 3.88. The molecule has 7 heteroatoms. The van der Waals surface area contributed by atoms with Gasteiger partial charge in [0.15, 0.2) is 5.79 Å². The normalized spacial score (nSPS) is 19.0. The van der Waals surface area contributed by atoms with Crippen LogP contribution in [0.3, 0.4) is 0 Å². The van der Waals surface area contributed by atoms with Gasteiger partial charge in [-0.2, -0.15) is 0 Å². The van der Waals surface area contributed by atoms with Crippen LogP contribution in [0, 0.1) is 0 Å². The van der Waals surface area contributed by atoms with E-state index in [1.54, 1.807) is 18.2 Å². The lowest BCUT2D eigenvalue weighted by atomic mass is 10.1. The van der Waals surface area contributed by atoms with Crippen molar-refractivity contribution in [3.63, 3.8) is 0 Å². The van der Waals surface area contributed by atoms with E-state index >= 15 is 0 Å². The molecule has 1 fully saturated rings. The molecule has 1 aliphatic heterocycles. The summed E-state index contributed by atoms with van der Waals surface area (Å²) < 4.78 is 21.9. The van der Waals surface area contributed by atoms with E-state index in [1.807, 2.05) is 27.7 Å². The number of rotatable bonds is 5. The van der Waals surface area contributed by atoms with Gasteiger partial charge in [-0.25, -0.2) is 4.79 Å². The van der Waals surface area contributed by atoms with Gasteiger partial charge in [0.05, 0.1) is 12.7 Å². The van der Waals surface area contributed by atoms with Crippen molar-refractivity contribution in [1.82, 2.24) is 5.32 Å². The van der Waals surface area contributed by atoms with Gasteiger partial charge >= 0.3 is 5.63 Å². The molecule has 0 radical (unpaired) electrons. The van der Waals surface area contributed by atoms with Gasteiger partial charge in [0.2, 0.25) is 0 Å². The van der Waals surface area contributed by atoms with E-state index in [0.717, 1.165) is 0 Å². The highest BCUT2D eigenvalue weighted by Crippen LogP contribution is 2.23. The molecular weight excluding hydrogens is 338 g/mol. The van der Waals surface area contributed by atoms with Crippen molar-refractivity contribution in [2.75, 3.05) is 13.2 Å². The second-order valence-electron chi connectivity index (χ2n) is 6.97. The molecule has 0 spiro atoms. The lowest BCUT2D eigenvalue weighted by molar-refractivity contribution is -0.137. The Morgan fingerprint density at radius 1 is 1.35 bits per heavy atom. The van der Waals surface area contributed by atoms with Crippen molar-refractivity contribution >= 4 is 16.9 Å². The summed E-state index contributed by atoms with van der Waals surface area (Å²) in [6, 6.07) is 6.69. The number of amides is 1. The van der Waals surface area contributed by atoms with E-state index in [9.17, 15) is 9.59 Å². The van der Waals surface area contributed by atoms with E-state index in [1.165, 1.54) is 6.07 Å². The molecule has 1 aliphatic rings. The summed E-state index contributed by atoms with van der Waals surface area (Å²) in [4.78, 5) is 24.5. The predicted molar refractivity (Wildman–Crippen MR) is 95.5 cm³/mol. The standard InChI is InChI=1S/C19H23NO6/c1-11(2)24-13-6-5-12-7-15(18(22)25-16(12)8-13)17(21)20-9-14-10-23-19(3,4)26-14/h5-8,11,14H,9-10H2,1-4H3,(H,20,21). The minimum absolute atomic E-state index is 0.0102. The summed E-state index contributed by atoms with van der Waals surface area (Å²) in [6.45, 7) is 8.08. The Hall–Kier alpha value is -2.38. The Morgan fingerprint density at radius 2 is 2.12 bits per heavy atom. The molecule has 0 aliphatic carbocycles. The summed E-state index contributed by atoms with van der Waals surface area (Å²) in [6.07, 6.45) is -0.242. The molecule has 1 N–H and O–H groups in total. The van der Waals surface area contributed by atoms with Crippen LogP contribution in [0.5, 0.6) is 5.75 Å². The van der Waals surface area contributed by atoms with Crippen LogP contribution in [-0.2, 0) is 9.47 Å². The average Bonchev–Trinajstić information content (AvgIpc) is 2.90. The molecule has 26 heavy (non-hydrogen) atoms. The van der Waals surface area contributed by atoms with Gasteiger partial charge in [-0.1, -0.05) is 0 Å². The van der Waals surface area contributed by atoms with Gasteiger partial charge in [-0.15, -0.1) is 0 Å². The van der Waals surface area contributed by atoms with Crippen molar-refractivity contribution in [2.45, 2.75) is 45.7 Å². The molecule has 2 aromatic rings. The second-order valence-corrected chi connectivity index (χ2v) is 6.97. The number of nitrogens with one attached hydrogen (secondary N) is 1. The number of carbonyl (C=O) groups excluding carboxylic acids is 1. The number of hydrogen-bond donors (Lipinski definition) is 1. The van der Waals surface area contributed by atoms with Crippen LogP contribution in [0.15, 0.2) is 33.5 Å². The Balaban J connectivity index is 1.74. The quantitative estimate of drug-likeness (QED) is 0.823. The fraction of sp³-hybridized carbons (Fsp3) is 0.474. The van der Waals surface area contributed by atoms with Crippen molar-refractivity contribution in [3.05, 3.63) is 40.2 Å². The monoisotopic (exact) mass is 361 g/mol. The lowest BCUT2D eigenvalue weighted by Crippen LogP contribution is -2.36. The van der Waals surface area contributed by atoms with Gasteiger partial charge in [-0.05, 0) is 45.9 Å². The Kier molecular flexibility index (Phi) is 5.02. The zero-order valence-corrected chi connectivity index (χ0v) is 15.3. The zero-order chi connectivity index (χ0) is 18.9. The largest absolute Gasteiger partial charge is 0.491 e. The van der Waals surface area contributed by atoms with E-state index in [2.05, 4.69) is 5.32 Å². The first-order chi connectivity index (χ1) is 12.2. The molecule has 1 aromatic carbocycles. The smallest absolute Gasteiger partial charge is 0.349 e. The summed E-state index contributed by atoms with van der Waals surface area (Å²) in [7, 11) is 0. The zero-order valence-electron chi connectivity index (χ0n) is 15.3. The minimum Gasteiger partial charge on any atom is -0.491 e. The number of ether oxygens (including phenoxy) is 3. The molecule has 1 unspecified atom stereocenters. The van der Waals surface area contributed by atoms with Gasteiger partial charge in [-0.3, -0.25) is 4.79 Å². The van der Waals surface area contributed by atoms with Crippen LogP contribution in [-0.4, -0.2) is 37.1 Å². The average molecular weight is 361 g/mol. The highest BCUT2D eigenvalue weighted by molar-refractivity contribution is 5.96. The molecule has 7 nitrogen and oxygen atoms in total. The fourth-order valence-corrected chi connectivity index (χ4v) is 2.76. The third-order valence-corrected chi connectivity index (χ3v) is 3.88. The number of fused-ring (bicyclic) bond motifs is 1. The van der Waals surface area contributed by atoms with Gasteiger partial charge in [0.1, 0.15) is 23.0 Å². The maximum absolute atomic E-state index is 12.3. The summed E-state index contributed by atoms with van der Waals surface area (Å²) in [5.74, 6) is -0.557. The highest BCUT2D eigenvalue weighted by Gasteiger charge is 2.32. The predicted octanol–water partition coefficient (Wildman–Crippen LogP) is 2.46. The molecule has 1 amide bonds. The van der Waals surface area contributed by atoms with Gasteiger partial charge in [0, 0.05) is 18.0 Å². The Morgan fingerprint density at radius 3 is 2.77 bits per heavy atom. The lowest BCUT2D eigenvalue weighted by Gasteiger charge is -2.17. The summed E-state index contributed by atoms with van der Waals surface area (Å²) in [5.41, 5.74) is -0.368. The molecule has 1 saturated heterocycles. The van der Waals surface area contributed by atoms with Crippen LogP contribution < -0.4 is 15.7 Å². The van der Waals surface area contributed by atoms with Crippen LogP contribution in [0.25, 0.3) is 11.0 Å². The Bertz CT molecular complexity index is 870. The fourth-order valence-electron chi connectivity index (χ4n) is 2.76. The first-order valence-electron chi connectivity index (χ1n) is 8.58. The van der Waals surface area contributed by atoms with E-state index in [0.29, 0.717) is 23.3 Å². The highest BCUT2D eigenvalue weighted by atomic mass is 16.7. The maximum Gasteiger partial charge on any atom is 0.349 e. The van der Waals surface area contributed by atoms with E-state index < -0.39 is 17.3 Å². The van der Waals surface area contributed by atoms with Crippen molar-refractivity contribution in [2.24, 2.45) is 0 Å². The van der Waals surface area contributed by atoms with E-state index in [4.69, 9.17) is 18.6 Å². The van der Waals surface area contributed by atoms with Gasteiger partial charge in [0.25, 0.3) is 5.91 Å². The van der Waals surface area contributed by atoms with Crippen LogP contribution in [0.4, 0.5) is 0 Å². The van der Waals surface area contributed by atoms with Gasteiger partial charge < -0.3 is 23.9 Å². The first kappa shape index (κ1) is 18.4. The summed E-state index contributed by atoms with van der Waals surface area (Å²) in [5, 5.41) is 3.34. The molecule has 1 aromatic heterocycles. The number of hydrogen-bond acceptors (Lipinski definition) is 6. The molecule has 0 saturated carbocycles. The third kappa shape index (κ3) is 4.23. The Labute approximate surface area is 151 Å². The molecule has 3 rings (SSSR count). The molecular formula is C19H23NO6. The van der Waals surface area contributed by atoms with Crippen molar-refractivity contribution in [3.8, 4) is 5.75 Å². The van der Waals surface area contributed by atoms with Crippen LogP contribution in [0.2, 0.25) is 0 Å². The van der Waals surface area contributed by atoms with E-state index in [-0.39, 0.29) is 24.3 Å². The second kappa shape index (κ2) is 7.09. The molecule has 140 valence electrons. The molecule has 1 atom stereocenters. The van der Waals surface area contributed by atoms with Crippen LogP contribution >= 0.6 is 0 Å².